The van der Waals surface area contributed by atoms with Gasteiger partial charge in [-0.1, -0.05) is 0 Å². The van der Waals surface area contributed by atoms with Crippen LogP contribution in [0.3, 0.4) is 0 Å². The first kappa shape index (κ1) is 25.3. The van der Waals surface area contributed by atoms with Crippen LogP contribution in [0.5, 0.6) is 5.75 Å². The van der Waals surface area contributed by atoms with Crippen molar-refractivity contribution in [3.63, 3.8) is 0 Å². The molecule has 0 spiro atoms. The third-order valence-electron chi connectivity index (χ3n) is 4.58. The molecular weight excluding hydrogens is 474 g/mol. The summed E-state index contributed by atoms with van der Waals surface area (Å²) in [6.07, 6.45) is -0.298. The molecule has 1 heterocycles. The minimum absolute atomic E-state index is 0.0832. The number of carbonyl (C=O) groups is 3. The Bertz CT molecular complexity index is 1130. The normalized spacial score (nSPS) is 11.5. The van der Waals surface area contributed by atoms with E-state index in [0.717, 1.165) is 21.9 Å². The van der Waals surface area contributed by atoms with Crippen LogP contribution < -0.4 is 15.4 Å². The maximum absolute atomic E-state index is 12.6. The SMILES string of the molecule is CCOc1ccc(-c2csc(NC(=O)C(C)Sc3ccc(NC(=O)CCC(=O)O)cc3)n2)cc1. The van der Waals surface area contributed by atoms with Crippen molar-refractivity contribution in [1.82, 2.24) is 4.98 Å². The molecule has 8 nitrogen and oxygen atoms in total. The molecule has 1 atom stereocenters. The van der Waals surface area contributed by atoms with E-state index in [1.807, 2.05) is 43.5 Å². The van der Waals surface area contributed by atoms with E-state index in [9.17, 15) is 14.4 Å². The summed E-state index contributed by atoms with van der Waals surface area (Å²) >= 11 is 2.75. The van der Waals surface area contributed by atoms with Gasteiger partial charge in [-0.15, -0.1) is 23.1 Å². The molecule has 2 amide bonds. The molecule has 0 aliphatic rings. The van der Waals surface area contributed by atoms with Crippen molar-refractivity contribution < 1.29 is 24.2 Å². The first-order valence-electron chi connectivity index (χ1n) is 10.6. The lowest BCUT2D eigenvalue weighted by atomic mass is 10.2. The molecule has 3 rings (SSSR count). The lowest BCUT2D eigenvalue weighted by Gasteiger charge is -2.11. The molecule has 0 saturated carbocycles. The maximum atomic E-state index is 12.6. The van der Waals surface area contributed by atoms with Crippen LogP contribution in [0.25, 0.3) is 11.3 Å². The molecule has 0 fully saturated rings. The van der Waals surface area contributed by atoms with Gasteiger partial charge < -0.3 is 20.5 Å². The smallest absolute Gasteiger partial charge is 0.303 e. The van der Waals surface area contributed by atoms with Crippen LogP contribution in [-0.2, 0) is 14.4 Å². The lowest BCUT2D eigenvalue weighted by molar-refractivity contribution is -0.138. The van der Waals surface area contributed by atoms with Gasteiger partial charge in [-0.25, -0.2) is 4.98 Å². The minimum atomic E-state index is -1.01. The molecule has 0 aliphatic heterocycles. The predicted octanol–water partition coefficient (Wildman–Crippen LogP) is 5.13. The van der Waals surface area contributed by atoms with Crippen LogP contribution in [0.4, 0.5) is 10.8 Å². The number of carbonyl (C=O) groups excluding carboxylic acids is 2. The number of thiazole rings is 1. The van der Waals surface area contributed by atoms with E-state index in [4.69, 9.17) is 9.84 Å². The van der Waals surface area contributed by atoms with Gasteiger partial charge in [0.25, 0.3) is 0 Å². The Morgan fingerprint density at radius 2 is 1.76 bits per heavy atom. The number of thioether (sulfide) groups is 1. The van der Waals surface area contributed by atoms with E-state index in [0.29, 0.717) is 17.4 Å². The van der Waals surface area contributed by atoms with E-state index in [1.54, 1.807) is 24.3 Å². The Hall–Kier alpha value is -3.37. The highest BCUT2D eigenvalue weighted by atomic mass is 32.2. The van der Waals surface area contributed by atoms with Crippen molar-refractivity contribution >= 4 is 51.7 Å². The van der Waals surface area contributed by atoms with Gasteiger partial charge in [-0.05, 0) is 62.4 Å². The highest BCUT2D eigenvalue weighted by molar-refractivity contribution is 8.00. The summed E-state index contributed by atoms with van der Waals surface area (Å²) in [5.41, 5.74) is 2.30. The first-order chi connectivity index (χ1) is 16.3. The Morgan fingerprint density at radius 3 is 2.41 bits per heavy atom. The first-order valence-corrected chi connectivity index (χ1v) is 12.4. The summed E-state index contributed by atoms with van der Waals surface area (Å²) in [6.45, 7) is 4.35. The fourth-order valence-corrected chi connectivity index (χ4v) is 4.47. The van der Waals surface area contributed by atoms with E-state index < -0.39 is 5.97 Å². The van der Waals surface area contributed by atoms with E-state index >= 15 is 0 Å². The summed E-state index contributed by atoms with van der Waals surface area (Å²) in [4.78, 5) is 40.3. The van der Waals surface area contributed by atoms with E-state index in [-0.39, 0.29) is 29.9 Å². The number of carboxylic acids is 1. The van der Waals surface area contributed by atoms with E-state index in [2.05, 4.69) is 15.6 Å². The van der Waals surface area contributed by atoms with Crippen molar-refractivity contribution in [1.29, 1.82) is 0 Å². The number of carboxylic acid groups (broad SMARTS) is 1. The minimum Gasteiger partial charge on any atom is -0.494 e. The predicted molar refractivity (Wildman–Crippen MR) is 135 cm³/mol. The van der Waals surface area contributed by atoms with Gasteiger partial charge in [0, 0.05) is 27.9 Å². The molecule has 34 heavy (non-hydrogen) atoms. The third kappa shape index (κ3) is 7.60. The maximum Gasteiger partial charge on any atom is 0.303 e. The number of hydrogen-bond donors (Lipinski definition) is 3. The highest BCUT2D eigenvalue weighted by Crippen LogP contribution is 2.29. The quantitative estimate of drug-likeness (QED) is 0.313. The number of nitrogens with one attached hydrogen (secondary N) is 2. The molecule has 3 N–H and O–H groups in total. The fourth-order valence-electron chi connectivity index (χ4n) is 2.88. The van der Waals surface area contributed by atoms with Gasteiger partial charge in [-0.3, -0.25) is 14.4 Å². The standard InChI is InChI=1S/C24H25N3O5S2/c1-3-32-18-8-4-16(5-9-18)20-14-33-24(26-20)27-23(31)15(2)34-19-10-6-17(7-11-19)25-21(28)12-13-22(29)30/h4-11,14-15H,3,12-13H2,1-2H3,(H,25,28)(H,29,30)(H,26,27,31). The summed E-state index contributed by atoms with van der Waals surface area (Å²) in [5, 5.41) is 16.2. The van der Waals surface area contributed by atoms with Crippen molar-refractivity contribution in [2.45, 2.75) is 36.8 Å². The Morgan fingerprint density at radius 1 is 1.06 bits per heavy atom. The number of nitrogens with zero attached hydrogens (tertiary/aromatic N) is 1. The van der Waals surface area contributed by atoms with Crippen LogP contribution in [0.15, 0.2) is 58.8 Å². The van der Waals surface area contributed by atoms with Gasteiger partial charge in [-0.2, -0.15) is 0 Å². The number of ether oxygens (including phenoxy) is 1. The zero-order valence-corrected chi connectivity index (χ0v) is 20.4. The molecule has 0 saturated heterocycles. The van der Waals surface area contributed by atoms with Crippen molar-refractivity contribution in [3.8, 4) is 17.0 Å². The molecule has 1 unspecified atom stereocenters. The van der Waals surface area contributed by atoms with Crippen molar-refractivity contribution in [2.75, 3.05) is 17.2 Å². The van der Waals surface area contributed by atoms with Crippen molar-refractivity contribution in [2.24, 2.45) is 0 Å². The Balaban J connectivity index is 1.51. The molecule has 1 aromatic heterocycles. The topological polar surface area (TPSA) is 118 Å². The molecule has 178 valence electrons. The number of rotatable bonds is 11. The fraction of sp³-hybridized carbons (Fsp3) is 0.250. The van der Waals surface area contributed by atoms with Gasteiger partial charge in [0.05, 0.1) is 24.0 Å². The number of amides is 2. The zero-order chi connectivity index (χ0) is 24.5. The number of hydrogen-bond acceptors (Lipinski definition) is 7. The summed E-state index contributed by atoms with van der Waals surface area (Å²) < 4.78 is 5.46. The highest BCUT2D eigenvalue weighted by Gasteiger charge is 2.17. The van der Waals surface area contributed by atoms with Gasteiger partial charge in [0.1, 0.15) is 5.75 Å². The second-order valence-electron chi connectivity index (χ2n) is 7.21. The largest absolute Gasteiger partial charge is 0.494 e. The van der Waals surface area contributed by atoms with Crippen LogP contribution >= 0.6 is 23.1 Å². The average molecular weight is 500 g/mol. The number of anilines is 2. The zero-order valence-electron chi connectivity index (χ0n) is 18.7. The van der Waals surface area contributed by atoms with Crippen LogP contribution in [0, 0.1) is 0 Å². The Labute approximate surface area is 205 Å². The van der Waals surface area contributed by atoms with Gasteiger partial charge >= 0.3 is 5.97 Å². The summed E-state index contributed by atoms with van der Waals surface area (Å²) in [6, 6.07) is 14.7. The summed E-state index contributed by atoms with van der Waals surface area (Å²) in [7, 11) is 0. The van der Waals surface area contributed by atoms with Crippen LogP contribution in [0.2, 0.25) is 0 Å². The number of aliphatic carboxylic acids is 1. The molecule has 0 aliphatic carbocycles. The molecule has 10 heteroatoms. The number of benzene rings is 2. The second kappa shape index (κ2) is 12.2. The van der Waals surface area contributed by atoms with E-state index in [1.165, 1.54) is 23.1 Å². The molecular formula is C24H25N3O5S2. The van der Waals surface area contributed by atoms with Crippen molar-refractivity contribution in [3.05, 3.63) is 53.9 Å². The van der Waals surface area contributed by atoms with Gasteiger partial charge in [0.15, 0.2) is 5.13 Å². The average Bonchev–Trinajstić information content (AvgIpc) is 3.28. The molecule has 3 aromatic rings. The van der Waals surface area contributed by atoms with Crippen LogP contribution in [0.1, 0.15) is 26.7 Å². The molecule has 2 aromatic carbocycles. The lowest BCUT2D eigenvalue weighted by Crippen LogP contribution is -2.22. The molecule has 0 bridgehead atoms. The number of aromatic nitrogens is 1. The summed E-state index contributed by atoms with van der Waals surface area (Å²) in [5.74, 6) is -0.735. The Kier molecular flexibility index (Phi) is 9.06. The molecule has 0 radical (unpaired) electrons. The third-order valence-corrected chi connectivity index (χ3v) is 6.45. The van der Waals surface area contributed by atoms with Crippen LogP contribution in [-0.4, -0.2) is 39.7 Å². The monoisotopic (exact) mass is 499 g/mol. The second-order valence-corrected chi connectivity index (χ2v) is 9.48. The van der Waals surface area contributed by atoms with Gasteiger partial charge in [0.2, 0.25) is 11.8 Å².